The molecule has 8 nitrogen and oxygen atoms in total. The number of nitrogens with one attached hydrogen (secondary N) is 2. The van der Waals surface area contributed by atoms with Gasteiger partial charge in [-0.3, -0.25) is 15.1 Å². The number of hydrogen-bond donors (Lipinski definition) is 4. The highest BCUT2D eigenvalue weighted by atomic mass is 32.2. The number of nitrogens with two attached hydrogens (primary N) is 1. The summed E-state index contributed by atoms with van der Waals surface area (Å²) in [6.07, 6.45) is 0. The molecule has 30 heavy (non-hydrogen) atoms. The van der Waals surface area contributed by atoms with E-state index in [0.29, 0.717) is 11.1 Å². The molecule has 0 saturated heterocycles. The van der Waals surface area contributed by atoms with E-state index in [1.807, 2.05) is 30.3 Å². The zero-order valence-corrected chi connectivity index (χ0v) is 16.8. The summed E-state index contributed by atoms with van der Waals surface area (Å²) >= 11 is 0. The summed E-state index contributed by atoms with van der Waals surface area (Å²) in [6, 6.07) is 19.4. The van der Waals surface area contributed by atoms with Crippen LogP contribution in [0.1, 0.15) is 15.9 Å². The van der Waals surface area contributed by atoms with Gasteiger partial charge in [0.05, 0.1) is 16.1 Å². The molecule has 0 bridgehead atoms. The molecule has 3 aromatic carbocycles. The summed E-state index contributed by atoms with van der Waals surface area (Å²) in [4.78, 5) is 11.5. The fraction of sp³-hybridized carbons (Fsp3) is 0.0476. The number of benzene rings is 3. The molecule has 0 aliphatic carbocycles. The summed E-state index contributed by atoms with van der Waals surface area (Å²) in [5.74, 6) is 4.23. The van der Waals surface area contributed by atoms with Gasteiger partial charge in [-0.2, -0.15) is 0 Å². The topological polar surface area (TPSA) is 137 Å². The van der Waals surface area contributed by atoms with Crippen molar-refractivity contribution in [3.8, 4) is 11.1 Å². The molecular weight excluding hydrogens is 404 g/mol. The first-order valence-electron chi connectivity index (χ1n) is 8.82. The Kier molecular flexibility index (Phi) is 5.86. The van der Waals surface area contributed by atoms with Crippen LogP contribution in [0.2, 0.25) is 0 Å². The molecule has 0 aliphatic heterocycles. The van der Waals surface area contributed by atoms with Gasteiger partial charge < -0.3 is 5.11 Å². The van der Waals surface area contributed by atoms with Gasteiger partial charge in [0.25, 0.3) is 10.0 Å². The lowest BCUT2D eigenvalue weighted by Gasteiger charge is -2.15. The second-order valence-corrected chi connectivity index (χ2v) is 8.21. The minimum atomic E-state index is -4.12. The minimum Gasteiger partial charge on any atom is -0.478 e. The SMILES string of the molecule is CN(N)C(=N)c1cccc(S(=O)(=O)Nc2cc(-c3ccccc3)ccc2C(=O)O)c1. The van der Waals surface area contributed by atoms with Gasteiger partial charge in [-0.1, -0.05) is 48.5 Å². The first-order valence-corrected chi connectivity index (χ1v) is 10.3. The highest BCUT2D eigenvalue weighted by molar-refractivity contribution is 7.92. The van der Waals surface area contributed by atoms with Crippen molar-refractivity contribution in [3.63, 3.8) is 0 Å². The number of aromatic carboxylic acids is 1. The van der Waals surface area contributed by atoms with Crippen LogP contribution < -0.4 is 10.6 Å². The zero-order chi connectivity index (χ0) is 21.9. The lowest BCUT2D eigenvalue weighted by atomic mass is 10.0. The average molecular weight is 424 g/mol. The van der Waals surface area contributed by atoms with E-state index in [4.69, 9.17) is 11.3 Å². The maximum atomic E-state index is 12.9. The standard InChI is InChI=1S/C21H20N4O4S/c1-25(23)20(22)16-8-5-9-17(12-16)30(28,29)24-19-13-15(10-11-18(19)21(26)27)14-6-3-2-4-7-14/h2-13,22,24H,23H2,1H3,(H,26,27). The molecular formula is C21H20N4O4S. The molecule has 0 radical (unpaired) electrons. The van der Waals surface area contributed by atoms with Gasteiger partial charge in [-0.15, -0.1) is 0 Å². The lowest BCUT2D eigenvalue weighted by molar-refractivity contribution is 0.0698. The number of carbonyl (C=O) groups is 1. The molecule has 0 saturated carbocycles. The van der Waals surface area contributed by atoms with Crippen molar-refractivity contribution in [2.24, 2.45) is 5.84 Å². The van der Waals surface area contributed by atoms with Crippen LogP contribution in [0.25, 0.3) is 11.1 Å². The first-order chi connectivity index (χ1) is 14.2. The van der Waals surface area contributed by atoms with Crippen LogP contribution in [-0.2, 0) is 10.0 Å². The molecule has 0 heterocycles. The van der Waals surface area contributed by atoms with Gasteiger partial charge in [0.2, 0.25) is 0 Å². The van der Waals surface area contributed by atoms with Gasteiger partial charge >= 0.3 is 5.97 Å². The number of sulfonamides is 1. The average Bonchev–Trinajstić information content (AvgIpc) is 2.73. The largest absolute Gasteiger partial charge is 0.478 e. The Morgan fingerprint density at radius 3 is 2.33 bits per heavy atom. The van der Waals surface area contributed by atoms with Crippen molar-refractivity contribution in [2.75, 3.05) is 11.8 Å². The molecule has 0 atom stereocenters. The number of nitrogens with zero attached hydrogens (tertiary/aromatic N) is 1. The van der Waals surface area contributed by atoms with E-state index in [2.05, 4.69) is 4.72 Å². The van der Waals surface area contributed by atoms with E-state index in [9.17, 15) is 18.3 Å². The number of anilines is 1. The number of hydrogen-bond acceptors (Lipinski definition) is 5. The third kappa shape index (κ3) is 4.48. The smallest absolute Gasteiger partial charge is 0.337 e. The Bertz CT molecular complexity index is 1210. The second-order valence-electron chi connectivity index (χ2n) is 6.52. The third-order valence-electron chi connectivity index (χ3n) is 4.37. The van der Waals surface area contributed by atoms with E-state index in [0.717, 1.165) is 10.6 Å². The second kappa shape index (κ2) is 8.36. The van der Waals surface area contributed by atoms with Crippen molar-refractivity contribution in [2.45, 2.75) is 4.90 Å². The summed E-state index contributed by atoms with van der Waals surface area (Å²) in [5, 5.41) is 18.5. The number of carboxylic acid groups (broad SMARTS) is 1. The normalized spacial score (nSPS) is 11.0. The van der Waals surface area contributed by atoms with Crippen molar-refractivity contribution < 1.29 is 18.3 Å². The molecule has 5 N–H and O–H groups in total. The molecule has 3 aromatic rings. The highest BCUT2D eigenvalue weighted by Gasteiger charge is 2.20. The minimum absolute atomic E-state index is 0.0553. The molecule has 154 valence electrons. The monoisotopic (exact) mass is 424 g/mol. The zero-order valence-electron chi connectivity index (χ0n) is 16.0. The van der Waals surface area contributed by atoms with Crippen LogP contribution >= 0.6 is 0 Å². The number of carboxylic acids is 1. The fourth-order valence-electron chi connectivity index (χ4n) is 2.84. The molecule has 0 aromatic heterocycles. The lowest BCUT2D eigenvalue weighted by Crippen LogP contribution is -2.33. The van der Waals surface area contributed by atoms with Crippen LogP contribution in [0.5, 0.6) is 0 Å². The van der Waals surface area contributed by atoms with Gasteiger partial charge in [-0.05, 0) is 35.4 Å². The highest BCUT2D eigenvalue weighted by Crippen LogP contribution is 2.28. The van der Waals surface area contributed by atoms with Crippen LogP contribution in [0.15, 0.2) is 77.7 Å². The predicted molar refractivity (Wildman–Crippen MR) is 115 cm³/mol. The fourth-order valence-corrected chi connectivity index (χ4v) is 3.96. The summed E-state index contributed by atoms with van der Waals surface area (Å²) in [6.45, 7) is 0. The molecule has 0 aliphatic rings. The number of amidine groups is 1. The maximum absolute atomic E-state index is 12.9. The summed E-state index contributed by atoms with van der Waals surface area (Å²) < 4.78 is 28.3. The van der Waals surface area contributed by atoms with Gasteiger partial charge in [0.15, 0.2) is 0 Å². The van der Waals surface area contributed by atoms with Crippen LogP contribution in [-0.4, -0.2) is 37.4 Å². The van der Waals surface area contributed by atoms with E-state index >= 15 is 0 Å². The quantitative estimate of drug-likeness (QED) is 0.208. The molecule has 0 spiro atoms. The summed E-state index contributed by atoms with van der Waals surface area (Å²) in [7, 11) is -2.65. The van der Waals surface area contributed by atoms with Gasteiger partial charge in [-0.25, -0.2) is 19.1 Å². The van der Waals surface area contributed by atoms with E-state index in [1.54, 1.807) is 12.1 Å². The van der Waals surface area contributed by atoms with Crippen molar-refractivity contribution >= 4 is 27.5 Å². The molecule has 0 fully saturated rings. The Morgan fingerprint density at radius 1 is 1.00 bits per heavy atom. The van der Waals surface area contributed by atoms with E-state index < -0.39 is 16.0 Å². The van der Waals surface area contributed by atoms with Crippen LogP contribution in [0, 0.1) is 5.41 Å². The molecule has 0 unspecified atom stereocenters. The third-order valence-corrected chi connectivity index (χ3v) is 5.74. The Balaban J connectivity index is 2.03. The molecule has 0 amide bonds. The van der Waals surface area contributed by atoms with Gasteiger partial charge in [0.1, 0.15) is 5.84 Å². The Labute approximate surface area is 174 Å². The van der Waals surface area contributed by atoms with Crippen molar-refractivity contribution in [1.82, 2.24) is 5.01 Å². The van der Waals surface area contributed by atoms with Crippen LogP contribution in [0.3, 0.4) is 0 Å². The van der Waals surface area contributed by atoms with E-state index in [1.165, 1.54) is 37.4 Å². The Hall–Kier alpha value is -3.69. The molecule has 9 heteroatoms. The molecule has 3 rings (SSSR count). The summed E-state index contributed by atoms with van der Waals surface area (Å²) in [5.41, 5.74) is 1.55. The Morgan fingerprint density at radius 2 is 1.70 bits per heavy atom. The predicted octanol–water partition coefficient (Wildman–Crippen LogP) is 2.98. The van der Waals surface area contributed by atoms with Gasteiger partial charge in [0, 0.05) is 12.6 Å². The first kappa shape index (κ1) is 21.0. The van der Waals surface area contributed by atoms with Crippen molar-refractivity contribution in [1.29, 1.82) is 5.41 Å². The van der Waals surface area contributed by atoms with Crippen molar-refractivity contribution in [3.05, 3.63) is 83.9 Å². The number of rotatable bonds is 6. The number of hydrazine groups is 1. The van der Waals surface area contributed by atoms with E-state index in [-0.39, 0.29) is 22.0 Å². The van der Waals surface area contributed by atoms with Crippen LogP contribution in [0.4, 0.5) is 5.69 Å². The maximum Gasteiger partial charge on any atom is 0.337 e.